The Balaban J connectivity index is 3.42. The van der Waals surface area contributed by atoms with Gasteiger partial charge >= 0.3 is 5.97 Å². The van der Waals surface area contributed by atoms with Gasteiger partial charge in [0.1, 0.15) is 18.3 Å². The Morgan fingerprint density at radius 1 is 1.29 bits per heavy atom. The van der Waals surface area contributed by atoms with E-state index >= 15 is 0 Å². The fourth-order valence-electron chi connectivity index (χ4n) is 2.31. The van der Waals surface area contributed by atoms with Gasteiger partial charge < -0.3 is 30.5 Å². The highest BCUT2D eigenvalue weighted by Crippen LogP contribution is 2.25. The van der Waals surface area contributed by atoms with Crippen molar-refractivity contribution < 1.29 is 43.2 Å². The second-order valence-corrected chi connectivity index (χ2v) is 9.71. The molecule has 1 unspecified atom stereocenters. The molecule has 0 aromatic rings. The molecule has 11 nitrogen and oxygen atoms in total. The summed E-state index contributed by atoms with van der Waals surface area (Å²) in [4.78, 5) is 23.5. The zero-order valence-corrected chi connectivity index (χ0v) is 17.1. The number of aliphatic carboxylic acids is 1. The summed E-state index contributed by atoms with van der Waals surface area (Å²) in [6, 6.07) is -2.81. The first-order valence-corrected chi connectivity index (χ1v) is 10.4. The van der Waals surface area contributed by atoms with Gasteiger partial charge in [0.2, 0.25) is 25.9 Å². The summed E-state index contributed by atoms with van der Waals surface area (Å²) in [5, 5.41) is 40.7. The third-order valence-electron chi connectivity index (χ3n) is 3.83. The first kappa shape index (κ1) is 24.9. The summed E-state index contributed by atoms with van der Waals surface area (Å²) in [5.41, 5.74) is 0. The highest BCUT2D eigenvalue weighted by Gasteiger charge is 2.45. The Labute approximate surface area is 171 Å². The van der Waals surface area contributed by atoms with Crippen molar-refractivity contribution in [3.63, 3.8) is 0 Å². The monoisotopic (exact) mass is 464 g/mol. The summed E-state index contributed by atoms with van der Waals surface area (Å²) in [6.45, 7) is 2.18. The quantitative estimate of drug-likeness (QED) is 0.215. The topological polar surface area (TPSA) is 182 Å². The number of alkyl halides is 2. The van der Waals surface area contributed by atoms with Gasteiger partial charge in [-0.1, -0.05) is 37.0 Å². The third kappa shape index (κ3) is 6.17. The summed E-state index contributed by atoms with van der Waals surface area (Å²) in [6.07, 6.45) is -4.41. The first-order chi connectivity index (χ1) is 12.8. The van der Waals surface area contributed by atoms with Gasteiger partial charge in [0.05, 0.1) is 18.7 Å². The maximum absolute atomic E-state index is 12.2. The number of rotatable bonds is 9. The summed E-state index contributed by atoms with van der Waals surface area (Å²) < 4.78 is 29.4. The van der Waals surface area contributed by atoms with Crippen LogP contribution in [0.2, 0.25) is 0 Å². The van der Waals surface area contributed by atoms with Crippen LogP contribution in [0.3, 0.4) is 0 Å². The van der Waals surface area contributed by atoms with Crippen LogP contribution in [0, 0.1) is 5.92 Å². The van der Waals surface area contributed by atoms with Crippen molar-refractivity contribution in [1.82, 2.24) is 10.0 Å². The molecule has 0 radical (unpaired) electrons. The van der Waals surface area contributed by atoms with E-state index in [1.54, 1.807) is 0 Å². The van der Waals surface area contributed by atoms with Crippen molar-refractivity contribution in [2.24, 2.45) is 5.92 Å². The number of hydrogen-bond acceptors (Lipinski definition) is 8. The normalized spacial score (nSPS) is 25.0. The average Bonchev–Trinajstić information content (AvgIpc) is 2.60. The van der Waals surface area contributed by atoms with Gasteiger partial charge in [-0.15, -0.1) is 0 Å². The average molecular weight is 465 g/mol. The molecular weight excluding hydrogens is 443 g/mol. The number of halogens is 2. The van der Waals surface area contributed by atoms with E-state index in [1.807, 2.05) is 4.72 Å². The van der Waals surface area contributed by atoms with Crippen molar-refractivity contribution in [3.8, 4) is 0 Å². The fourth-order valence-corrected chi connectivity index (χ4v) is 3.32. The van der Waals surface area contributed by atoms with E-state index in [1.165, 1.54) is 13.8 Å². The number of aliphatic hydroxyl groups excluding tert-OH is 3. The van der Waals surface area contributed by atoms with Gasteiger partial charge in [-0.05, 0) is 6.08 Å². The lowest BCUT2D eigenvalue weighted by Crippen LogP contribution is -2.64. The van der Waals surface area contributed by atoms with Crippen molar-refractivity contribution in [3.05, 3.63) is 11.8 Å². The van der Waals surface area contributed by atoms with Crippen molar-refractivity contribution in [2.45, 2.75) is 48.4 Å². The summed E-state index contributed by atoms with van der Waals surface area (Å²) in [5.74, 6) is -3.48. The van der Waals surface area contributed by atoms with Gasteiger partial charge in [-0.25, -0.2) is 17.9 Å². The van der Waals surface area contributed by atoms with Gasteiger partial charge in [0.25, 0.3) is 0 Å². The Morgan fingerprint density at radius 3 is 2.29 bits per heavy atom. The van der Waals surface area contributed by atoms with Crippen LogP contribution in [-0.2, 0) is 24.3 Å². The summed E-state index contributed by atoms with van der Waals surface area (Å²) >= 11 is 10.8. The molecule has 14 heteroatoms. The van der Waals surface area contributed by atoms with Crippen LogP contribution >= 0.6 is 23.2 Å². The molecule has 1 heterocycles. The van der Waals surface area contributed by atoms with E-state index in [0.717, 1.165) is 6.08 Å². The van der Waals surface area contributed by atoms with Crippen LogP contribution in [0.25, 0.3) is 0 Å². The minimum absolute atomic E-state index is 0.559. The summed E-state index contributed by atoms with van der Waals surface area (Å²) in [7, 11) is -4.37. The molecule has 6 N–H and O–H groups in total. The van der Waals surface area contributed by atoms with Gasteiger partial charge in [-0.3, -0.25) is 4.79 Å². The second kappa shape index (κ2) is 10.1. The molecule has 162 valence electrons. The van der Waals surface area contributed by atoms with Crippen LogP contribution in [0.4, 0.5) is 0 Å². The van der Waals surface area contributed by atoms with E-state index < -0.39 is 74.7 Å². The van der Waals surface area contributed by atoms with Gasteiger partial charge in [0.15, 0.2) is 0 Å². The number of carboxylic acids is 1. The van der Waals surface area contributed by atoms with Crippen LogP contribution in [-0.4, -0.2) is 81.9 Å². The number of carbonyl (C=O) groups excluding carboxylic acids is 1. The predicted octanol–water partition coefficient (Wildman–Crippen LogP) is -1.74. The Kier molecular flexibility index (Phi) is 8.93. The lowest BCUT2D eigenvalue weighted by Gasteiger charge is -2.40. The maximum atomic E-state index is 12.2. The molecule has 0 spiro atoms. The Morgan fingerprint density at radius 2 is 1.86 bits per heavy atom. The van der Waals surface area contributed by atoms with E-state index in [4.69, 9.17) is 33.0 Å². The standard InChI is InChI=1S/C14H22Cl2N2O9S/c1-5(2)12(22)17-9-6(18-28(25,26)14(15)16)3-8(13(23)24)27-11(9)10(21)7(20)4-19/h3,5-7,9-11,14,18-21H,4H2,1-2H3,(H,17,22)(H,23,24)/t6-,7?,9+,10+,11+/m0/s1. The minimum atomic E-state index is -4.37. The molecule has 0 saturated carbocycles. The number of carboxylic acid groups (broad SMARTS) is 1. The van der Waals surface area contributed by atoms with E-state index in [2.05, 4.69) is 5.32 Å². The highest BCUT2D eigenvalue weighted by molar-refractivity contribution is 7.92. The number of aliphatic hydroxyl groups is 3. The lowest BCUT2D eigenvalue weighted by molar-refractivity contribution is -0.146. The molecular formula is C14H22Cl2N2O9S. The smallest absolute Gasteiger partial charge is 0.370 e. The van der Waals surface area contributed by atoms with Crippen molar-refractivity contribution in [1.29, 1.82) is 0 Å². The van der Waals surface area contributed by atoms with Gasteiger partial charge in [0, 0.05) is 5.92 Å². The fraction of sp³-hybridized carbons (Fsp3) is 0.714. The molecule has 0 aromatic heterocycles. The molecule has 1 amide bonds. The molecule has 0 aliphatic carbocycles. The molecule has 28 heavy (non-hydrogen) atoms. The van der Waals surface area contributed by atoms with E-state index in [9.17, 15) is 33.3 Å². The second-order valence-electron chi connectivity index (χ2n) is 6.30. The molecule has 0 aromatic carbocycles. The number of carbonyl (C=O) groups is 2. The lowest BCUT2D eigenvalue weighted by atomic mass is 9.92. The molecule has 1 rings (SSSR count). The Bertz CT molecular complexity index is 714. The van der Waals surface area contributed by atoms with Gasteiger partial charge in [-0.2, -0.15) is 0 Å². The zero-order valence-electron chi connectivity index (χ0n) is 14.8. The van der Waals surface area contributed by atoms with Crippen LogP contribution in [0.1, 0.15) is 13.8 Å². The first-order valence-electron chi connectivity index (χ1n) is 8.00. The molecule has 1 aliphatic rings. The third-order valence-corrected chi connectivity index (χ3v) is 6.31. The number of nitrogens with one attached hydrogen (secondary N) is 2. The molecule has 1 aliphatic heterocycles. The molecule has 0 fully saturated rings. The van der Waals surface area contributed by atoms with Crippen molar-refractivity contribution in [2.75, 3.05) is 6.61 Å². The number of hydrogen-bond donors (Lipinski definition) is 6. The number of ether oxygens (including phenoxy) is 1. The zero-order chi connectivity index (χ0) is 21.8. The van der Waals surface area contributed by atoms with E-state index in [0.29, 0.717) is 0 Å². The largest absolute Gasteiger partial charge is 0.478 e. The van der Waals surface area contributed by atoms with Crippen LogP contribution in [0.15, 0.2) is 11.8 Å². The molecule has 5 atom stereocenters. The van der Waals surface area contributed by atoms with Crippen LogP contribution < -0.4 is 10.0 Å². The Hall–Kier alpha value is -1.15. The number of amides is 1. The van der Waals surface area contributed by atoms with Crippen LogP contribution in [0.5, 0.6) is 0 Å². The number of sulfonamides is 1. The van der Waals surface area contributed by atoms with Crippen molar-refractivity contribution >= 4 is 45.1 Å². The SMILES string of the molecule is CC(C)C(=O)N[C@H]1[C@H]([C@H](O)C(O)CO)OC(C(=O)O)=C[C@@H]1NS(=O)(=O)C(Cl)Cl. The minimum Gasteiger partial charge on any atom is -0.478 e. The molecule has 0 bridgehead atoms. The maximum Gasteiger partial charge on any atom is 0.370 e. The van der Waals surface area contributed by atoms with E-state index in [-0.39, 0.29) is 0 Å². The highest BCUT2D eigenvalue weighted by atomic mass is 35.5. The molecule has 0 saturated heterocycles. The predicted molar refractivity (Wildman–Crippen MR) is 97.8 cm³/mol.